The lowest BCUT2D eigenvalue weighted by atomic mass is 9.81. The van der Waals surface area contributed by atoms with Crippen LogP contribution in [0.25, 0.3) is 34.2 Å². The van der Waals surface area contributed by atoms with Crippen molar-refractivity contribution in [2.45, 2.75) is 12.4 Å². The van der Waals surface area contributed by atoms with E-state index in [1.165, 1.54) is 12.1 Å². The molecule has 0 saturated carbocycles. The van der Waals surface area contributed by atoms with Crippen molar-refractivity contribution < 1.29 is 26.3 Å². The molecule has 0 fully saturated rings. The lowest BCUT2D eigenvalue weighted by Crippen LogP contribution is -2.32. The second-order valence-corrected chi connectivity index (χ2v) is 8.94. The van der Waals surface area contributed by atoms with Crippen molar-refractivity contribution in [2.24, 2.45) is 0 Å². The summed E-state index contributed by atoms with van der Waals surface area (Å²) >= 11 is 0. The Balaban J connectivity index is 1.81. The first kappa shape index (κ1) is 23.1. The molecule has 2 aliphatic rings. The lowest BCUT2D eigenvalue weighted by molar-refractivity contribution is -0.137. The molecular weight excluding hydrogens is 486 g/mol. The quantitative estimate of drug-likeness (QED) is 0.155. The van der Waals surface area contributed by atoms with Crippen LogP contribution in [0.2, 0.25) is 0 Å². The Hall–Kier alpha value is -4.28. The van der Waals surface area contributed by atoms with E-state index in [1.54, 1.807) is 36.8 Å². The molecule has 0 heterocycles. The predicted molar refractivity (Wildman–Crippen MR) is 132 cm³/mol. The predicted octanol–water partition coefficient (Wildman–Crippen LogP) is 7.23. The summed E-state index contributed by atoms with van der Waals surface area (Å²) in [6, 6.07) is 19.8. The van der Waals surface area contributed by atoms with Crippen molar-refractivity contribution in [3.63, 3.8) is 0 Å². The summed E-state index contributed by atoms with van der Waals surface area (Å²) in [6.07, 6.45) is -3.77. The van der Waals surface area contributed by atoms with Crippen LogP contribution in [0.4, 0.5) is 26.3 Å². The molecule has 0 atom stereocenters. The number of hydrogen-bond acceptors (Lipinski definition) is 0. The monoisotopic (exact) mass is 502 g/mol. The molecule has 0 aromatic heterocycles. The number of hydrogen-bond donors (Lipinski definition) is 0. The average molecular weight is 502 g/mol. The minimum absolute atomic E-state index is 0.321. The van der Waals surface area contributed by atoms with Crippen LogP contribution in [0.1, 0.15) is 33.4 Å². The van der Waals surface area contributed by atoms with Crippen LogP contribution in [0.15, 0.2) is 78.9 Å². The highest BCUT2D eigenvalue weighted by Crippen LogP contribution is 2.40. The van der Waals surface area contributed by atoms with Crippen LogP contribution in [0.3, 0.4) is 0 Å². The van der Waals surface area contributed by atoms with E-state index >= 15 is 0 Å². The molecular formula is C31H16F6. The number of fused-ring (bicyclic) bond motifs is 4. The molecule has 0 saturated heterocycles. The summed E-state index contributed by atoms with van der Waals surface area (Å²) in [6.45, 7) is 0. The first-order valence-electron chi connectivity index (χ1n) is 11.4. The van der Waals surface area contributed by atoms with Gasteiger partial charge in [-0.3, -0.25) is 0 Å². The Labute approximate surface area is 208 Å². The van der Waals surface area contributed by atoms with Crippen LogP contribution in [0.5, 0.6) is 0 Å². The van der Waals surface area contributed by atoms with Gasteiger partial charge in [0.05, 0.1) is 22.9 Å². The molecule has 0 nitrogen and oxygen atoms in total. The van der Waals surface area contributed by atoms with E-state index in [0.717, 1.165) is 35.2 Å². The number of rotatable bonds is 0. The van der Waals surface area contributed by atoms with Gasteiger partial charge in [-0.05, 0) is 17.0 Å². The number of allylic oxidation sites excluding steroid dienone is 1. The third-order valence-electron chi connectivity index (χ3n) is 6.63. The van der Waals surface area contributed by atoms with Crippen molar-refractivity contribution in [1.29, 1.82) is 0 Å². The highest BCUT2D eigenvalue weighted by molar-refractivity contribution is 5.95. The second-order valence-electron chi connectivity index (χ2n) is 8.94. The summed E-state index contributed by atoms with van der Waals surface area (Å²) in [4.78, 5) is 0. The molecule has 4 aromatic carbocycles. The second kappa shape index (κ2) is 8.12. The molecule has 6 heteroatoms. The minimum atomic E-state index is -4.55. The Morgan fingerprint density at radius 1 is 0.757 bits per heavy atom. The lowest BCUT2D eigenvalue weighted by Gasteiger charge is -2.29. The van der Waals surface area contributed by atoms with Gasteiger partial charge in [0.25, 0.3) is 0 Å². The highest BCUT2D eigenvalue weighted by atomic mass is 19.4. The molecule has 37 heavy (non-hydrogen) atoms. The van der Waals surface area contributed by atoms with Gasteiger partial charge in [-0.15, -0.1) is 35.4 Å². The molecule has 4 aromatic rings. The SMILES string of the molecule is FC(F)(F)c1ccc2c(c1)C(=C=c1c3c(cc4ccccc14)C=C[C+](C(F)(F)F)C=3)c1ccccc1[CH-]2. The Kier molecular flexibility index (Phi) is 5.08. The van der Waals surface area contributed by atoms with E-state index in [0.29, 0.717) is 43.7 Å². The van der Waals surface area contributed by atoms with Crippen LogP contribution in [-0.2, 0) is 6.18 Å². The summed E-state index contributed by atoms with van der Waals surface area (Å²) in [5, 5.41) is 2.16. The van der Waals surface area contributed by atoms with E-state index < -0.39 is 23.8 Å². The van der Waals surface area contributed by atoms with Crippen molar-refractivity contribution >= 4 is 34.2 Å². The van der Waals surface area contributed by atoms with Crippen LogP contribution in [-0.4, -0.2) is 6.18 Å². The molecule has 0 N–H and O–H groups in total. The first-order chi connectivity index (χ1) is 17.6. The zero-order chi connectivity index (χ0) is 25.9. The largest absolute Gasteiger partial charge is 0.467 e. The van der Waals surface area contributed by atoms with Gasteiger partial charge in [0.2, 0.25) is 0 Å². The van der Waals surface area contributed by atoms with Crippen LogP contribution < -0.4 is 10.4 Å². The smallest absolute Gasteiger partial charge is 0.166 e. The molecule has 0 bridgehead atoms. The molecule has 0 unspecified atom stereocenters. The van der Waals surface area contributed by atoms with Gasteiger partial charge in [-0.1, -0.05) is 65.7 Å². The van der Waals surface area contributed by atoms with Gasteiger partial charge >= 0.3 is 12.4 Å². The maximum atomic E-state index is 13.6. The molecule has 182 valence electrons. The maximum absolute atomic E-state index is 13.6. The van der Waals surface area contributed by atoms with E-state index in [-0.39, 0.29) is 0 Å². The molecule has 0 spiro atoms. The Morgan fingerprint density at radius 2 is 1.49 bits per heavy atom. The van der Waals surface area contributed by atoms with Gasteiger partial charge in [-0.25, -0.2) is 0 Å². The number of halogens is 6. The van der Waals surface area contributed by atoms with Crippen molar-refractivity contribution in [2.75, 3.05) is 0 Å². The molecule has 6 rings (SSSR count). The van der Waals surface area contributed by atoms with Crippen molar-refractivity contribution in [3.05, 3.63) is 135 Å². The highest BCUT2D eigenvalue weighted by Gasteiger charge is 2.43. The zero-order valence-corrected chi connectivity index (χ0v) is 19.0. The first-order valence-corrected chi connectivity index (χ1v) is 11.4. The maximum Gasteiger partial charge on any atom is 0.467 e. The van der Waals surface area contributed by atoms with E-state index in [2.05, 4.69) is 5.73 Å². The van der Waals surface area contributed by atoms with E-state index in [4.69, 9.17) is 0 Å². The molecule has 0 amide bonds. The summed E-state index contributed by atoms with van der Waals surface area (Å²) in [5.74, 6) is -0.805. The fourth-order valence-electron chi connectivity index (χ4n) is 4.87. The standard InChI is InChI=1S/C31H16F6/c32-30(33,34)22-11-9-20-13-18-5-1-3-7-24(18)28(26(20)15-22)17-29-25-8-4-2-6-19(25)14-21-10-12-23(16-27(21)29)31(35,36)37/h1-16H. The van der Waals surface area contributed by atoms with Gasteiger partial charge < -0.3 is 0 Å². The van der Waals surface area contributed by atoms with Crippen molar-refractivity contribution in [1.82, 2.24) is 0 Å². The van der Waals surface area contributed by atoms with Crippen LogP contribution in [0, 0.1) is 12.3 Å². The fourth-order valence-corrected chi connectivity index (χ4v) is 4.87. The third kappa shape index (κ3) is 4.00. The zero-order valence-electron chi connectivity index (χ0n) is 19.0. The topological polar surface area (TPSA) is 0 Å². The van der Waals surface area contributed by atoms with Gasteiger partial charge in [0.15, 0.2) is 5.92 Å². The van der Waals surface area contributed by atoms with E-state index in [1.807, 2.05) is 24.3 Å². The number of benzene rings is 4. The third-order valence-corrected chi connectivity index (χ3v) is 6.63. The normalized spacial score (nSPS) is 14.3. The fraction of sp³-hybridized carbons (Fsp3) is 0.0645. The minimum Gasteiger partial charge on any atom is -0.166 e. The Morgan fingerprint density at radius 3 is 2.27 bits per heavy atom. The van der Waals surface area contributed by atoms with Gasteiger partial charge in [-0.2, -0.15) is 26.3 Å². The van der Waals surface area contributed by atoms with Crippen molar-refractivity contribution in [3.8, 4) is 0 Å². The summed E-state index contributed by atoms with van der Waals surface area (Å²) in [5.41, 5.74) is 5.81. The van der Waals surface area contributed by atoms with Gasteiger partial charge in [0, 0.05) is 17.0 Å². The average Bonchev–Trinajstić information content (AvgIpc) is 2.86. The summed E-state index contributed by atoms with van der Waals surface area (Å²) < 4.78 is 81.8. The van der Waals surface area contributed by atoms with E-state index in [9.17, 15) is 26.3 Å². The molecule has 2 aliphatic carbocycles. The Bertz CT molecular complexity index is 1760. The summed E-state index contributed by atoms with van der Waals surface area (Å²) in [7, 11) is 0. The van der Waals surface area contributed by atoms with Crippen LogP contribution >= 0.6 is 0 Å². The van der Waals surface area contributed by atoms with Gasteiger partial charge in [0.1, 0.15) is 5.22 Å². The number of alkyl halides is 6. The molecule has 0 aliphatic heterocycles. The molecule has 0 radical (unpaired) electrons.